The Bertz CT molecular complexity index is 2760. The first kappa shape index (κ1) is 28.4. The maximum Gasteiger partial charge on any atom is 0.135 e. The predicted molar refractivity (Wildman–Crippen MR) is 208 cm³/mol. The van der Waals surface area contributed by atoms with E-state index in [-0.39, 0.29) is 0 Å². The summed E-state index contributed by atoms with van der Waals surface area (Å²) < 4.78 is 13.0. The lowest BCUT2D eigenvalue weighted by molar-refractivity contribution is 0.499. The molecule has 8 aromatic carbocycles. The molecular formula is C47H31NO2. The smallest absolute Gasteiger partial charge is 0.135 e. The van der Waals surface area contributed by atoms with Crippen molar-refractivity contribution in [2.24, 2.45) is 0 Å². The molecule has 0 amide bonds. The molecule has 236 valence electrons. The minimum atomic E-state index is 0.758. The topological polar surface area (TPSA) is 25.6 Å². The number of fused-ring (bicyclic) bond motifs is 8. The molecule has 1 aliphatic heterocycles. The van der Waals surface area contributed by atoms with E-state index in [0.29, 0.717) is 0 Å². The lowest BCUT2D eigenvalue weighted by Crippen LogP contribution is -2.11. The highest BCUT2D eigenvalue weighted by atomic mass is 16.5. The van der Waals surface area contributed by atoms with Gasteiger partial charge in [-0.3, -0.25) is 0 Å². The van der Waals surface area contributed by atoms with Gasteiger partial charge in [-0.25, -0.2) is 0 Å². The van der Waals surface area contributed by atoms with Crippen molar-refractivity contribution in [1.82, 2.24) is 0 Å². The summed E-state index contributed by atoms with van der Waals surface area (Å²) in [6.45, 7) is 0. The number of benzene rings is 8. The average molecular weight is 642 g/mol. The lowest BCUT2D eigenvalue weighted by Gasteiger charge is -2.28. The summed E-state index contributed by atoms with van der Waals surface area (Å²) in [6, 6.07) is 60.1. The summed E-state index contributed by atoms with van der Waals surface area (Å²) >= 11 is 0. The monoisotopic (exact) mass is 641 g/mol. The molecule has 0 radical (unpaired) electrons. The first-order valence-corrected chi connectivity index (χ1v) is 17.1. The summed E-state index contributed by atoms with van der Waals surface area (Å²) in [5.74, 6) is 1.76. The summed E-state index contributed by atoms with van der Waals surface area (Å²) in [5, 5.41) is 7.04. The number of hydrogen-bond donors (Lipinski definition) is 0. The molecule has 0 fully saturated rings. The fourth-order valence-corrected chi connectivity index (χ4v) is 7.58. The van der Waals surface area contributed by atoms with Crippen LogP contribution in [0.5, 0.6) is 5.75 Å². The van der Waals surface area contributed by atoms with Crippen molar-refractivity contribution in [2.75, 3.05) is 4.90 Å². The molecule has 3 heteroatoms. The molecule has 0 saturated carbocycles. The highest BCUT2D eigenvalue weighted by molar-refractivity contribution is 6.15. The zero-order valence-electron chi connectivity index (χ0n) is 27.2. The Kier molecular flexibility index (Phi) is 6.56. The Morgan fingerprint density at radius 3 is 1.98 bits per heavy atom. The van der Waals surface area contributed by atoms with Crippen LogP contribution >= 0.6 is 0 Å². The van der Waals surface area contributed by atoms with Gasteiger partial charge < -0.3 is 14.1 Å². The van der Waals surface area contributed by atoms with E-state index in [1.807, 2.05) is 30.3 Å². The Labute approximate surface area is 289 Å². The van der Waals surface area contributed by atoms with E-state index in [9.17, 15) is 0 Å². The number of furan rings is 1. The maximum atomic E-state index is 6.51. The highest BCUT2D eigenvalue weighted by Gasteiger charge is 2.23. The lowest BCUT2D eigenvalue weighted by atomic mass is 9.97. The van der Waals surface area contributed by atoms with Crippen molar-refractivity contribution >= 4 is 66.3 Å². The highest BCUT2D eigenvalue weighted by Crippen LogP contribution is 2.46. The standard InChI is InChI=1S/C47H31NO2/c1-3-12-31(13-4-1)33-17-11-18-35(28-33)48(42-29-34-16-7-8-19-37(34)38-20-9-10-21-39(38)42)36-22-24-45-41(30-36)47-40-23-25-43(32-14-5-2-6-15-32)49-44(40)26-27-46(47)50-45/h1-22,24-30H,23H2. The Balaban J connectivity index is 1.20. The summed E-state index contributed by atoms with van der Waals surface area (Å²) in [4.78, 5) is 2.40. The number of hydrogen-bond acceptors (Lipinski definition) is 3. The molecule has 0 aliphatic carbocycles. The van der Waals surface area contributed by atoms with Gasteiger partial charge in [-0.1, -0.05) is 121 Å². The second-order valence-electron chi connectivity index (χ2n) is 12.9. The fraction of sp³-hybridized carbons (Fsp3) is 0.0213. The van der Waals surface area contributed by atoms with Crippen LogP contribution in [-0.4, -0.2) is 0 Å². The first-order valence-electron chi connectivity index (χ1n) is 17.1. The Morgan fingerprint density at radius 1 is 0.460 bits per heavy atom. The molecule has 9 aromatic rings. The molecule has 3 nitrogen and oxygen atoms in total. The van der Waals surface area contributed by atoms with Crippen LogP contribution in [-0.2, 0) is 6.42 Å². The quantitative estimate of drug-likeness (QED) is 0.175. The van der Waals surface area contributed by atoms with Crippen molar-refractivity contribution in [3.63, 3.8) is 0 Å². The molecule has 0 unspecified atom stereocenters. The van der Waals surface area contributed by atoms with Gasteiger partial charge in [0.2, 0.25) is 0 Å². The van der Waals surface area contributed by atoms with Crippen LogP contribution in [0.15, 0.2) is 180 Å². The van der Waals surface area contributed by atoms with Crippen molar-refractivity contribution in [3.8, 4) is 16.9 Å². The second-order valence-corrected chi connectivity index (χ2v) is 12.9. The number of ether oxygens (including phenoxy) is 1. The van der Waals surface area contributed by atoms with Crippen molar-refractivity contribution < 1.29 is 9.15 Å². The van der Waals surface area contributed by atoms with Gasteiger partial charge in [-0.15, -0.1) is 0 Å². The normalized spacial score (nSPS) is 12.6. The SMILES string of the molecule is C1=C(c2ccccc2)Oc2ccc3oc4ccc(N(c5cccc(-c6ccccc6)c5)c5cc6ccccc6c6ccccc56)cc4c3c2C1. The van der Waals surface area contributed by atoms with Crippen molar-refractivity contribution in [3.05, 3.63) is 187 Å². The fourth-order valence-electron chi connectivity index (χ4n) is 7.58. The molecule has 0 atom stereocenters. The van der Waals surface area contributed by atoms with E-state index in [2.05, 4.69) is 151 Å². The Morgan fingerprint density at radius 2 is 1.14 bits per heavy atom. The van der Waals surface area contributed by atoms with E-state index >= 15 is 0 Å². The molecular weight excluding hydrogens is 611 g/mol. The molecule has 50 heavy (non-hydrogen) atoms. The van der Waals surface area contributed by atoms with Crippen LogP contribution in [0.2, 0.25) is 0 Å². The number of nitrogens with zero attached hydrogens (tertiary/aromatic N) is 1. The molecule has 2 heterocycles. The largest absolute Gasteiger partial charge is 0.457 e. The number of rotatable bonds is 5. The van der Waals surface area contributed by atoms with Crippen LogP contribution in [0.4, 0.5) is 17.1 Å². The van der Waals surface area contributed by atoms with E-state index < -0.39 is 0 Å². The van der Waals surface area contributed by atoms with E-state index in [1.54, 1.807) is 0 Å². The van der Waals surface area contributed by atoms with E-state index in [0.717, 1.165) is 68.1 Å². The van der Waals surface area contributed by atoms with Crippen LogP contribution in [0.25, 0.3) is 60.4 Å². The van der Waals surface area contributed by atoms with Gasteiger partial charge in [-0.05, 0) is 88.3 Å². The van der Waals surface area contributed by atoms with Gasteiger partial charge in [0.05, 0.1) is 5.69 Å². The van der Waals surface area contributed by atoms with E-state index in [4.69, 9.17) is 9.15 Å². The minimum absolute atomic E-state index is 0.758. The maximum absolute atomic E-state index is 6.51. The van der Waals surface area contributed by atoms with Crippen LogP contribution in [0.3, 0.4) is 0 Å². The summed E-state index contributed by atoms with van der Waals surface area (Å²) in [7, 11) is 0. The number of allylic oxidation sites excluding steroid dienone is 1. The van der Waals surface area contributed by atoms with Gasteiger partial charge in [0.1, 0.15) is 22.7 Å². The van der Waals surface area contributed by atoms with Crippen molar-refractivity contribution in [2.45, 2.75) is 6.42 Å². The van der Waals surface area contributed by atoms with Gasteiger partial charge >= 0.3 is 0 Å². The summed E-state index contributed by atoms with van der Waals surface area (Å²) in [6.07, 6.45) is 2.94. The van der Waals surface area contributed by atoms with Gasteiger partial charge in [0.25, 0.3) is 0 Å². The minimum Gasteiger partial charge on any atom is -0.457 e. The zero-order chi connectivity index (χ0) is 33.0. The zero-order valence-corrected chi connectivity index (χ0v) is 27.2. The third-order valence-electron chi connectivity index (χ3n) is 9.91. The molecule has 0 spiro atoms. The van der Waals surface area contributed by atoms with E-state index in [1.165, 1.54) is 32.7 Å². The van der Waals surface area contributed by atoms with Crippen molar-refractivity contribution in [1.29, 1.82) is 0 Å². The molecule has 1 aromatic heterocycles. The number of anilines is 3. The molecule has 0 N–H and O–H groups in total. The van der Waals surface area contributed by atoms with Gasteiger partial charge in [-0.2, -0.15) is 0 Å². The third kappa shape index (κ3) is 4.67. The average Bonchev–Trinajstić information content (AvgIpc) is 3.57. The molecule has 0 saturated heterocycles. The van der Waals surface area contributed by atoms with Gasteiger partial charge in [0, 0.05) is 38.7 Å². The third-order valence-corrected chi connectivity index (χ3v) is 9.91. The van der Waals surface area contributed by atoms with Crippen LogP contribution < -0.4 is 9.64 Å². The Hall–Kier alpha value is -6.58. The molecule has 0 bridgehead atoms. The molecule has 10 rings (SSSR count). The summed E-state index contributed by atoms with van der Waals surface area (Å²) in [5.41, 5.74) is 9.56. The van der Waals surface area contributed by atoms with Gasteiger partial charge in [0.15, 0.2) is 0 Å². The van der Waals surface area contributed by atoms with Crippen LogP contribution in [0, 0.1) is 0 Å². The molecule has 1 aliphatic rings. The van der Waals surface area contributed by atoms with Crippen LogP contribution in [0.1, 0.15) is 11.1 Å². The first-order chi connectivity index (χ1) is 24.8. The second kappa shape index (κ2) is 11.5. The predicted octanol–water partition coefficient (Wildman–Crippen LogP) is 13.0.